The molecule has 3 aliphatic heterocycles. The van der Waals surface area contributed by atoms with Gasteiger partial charge in [-0.15, -0.1) is 0 Å². The SMILES string of the molecule is CCCNc1nccc(NC2CN3CCC2CC3)n1. The molecular weight excluding hydrogens is 238 g/mol. The third-order valence-electron chi connectivity index (χ3n) is 4.18. The molecule has 5 heteroatoms. The molecule has 0 amide bonds. The lowest BCUT2D eigenvalue weighted by Crippen LogP contribution is -2.53. The third-order valence-corrected chi connectivity index (χ3v) is 4.18. The van der Waals surface area contributed by atoms with E-state index in [0.717, 1.165) is 37.2 Å². The minimum absolute atomic E-state index is 0.552. The average molecular weight is 261 g/mol. The van der Waals surface area contributed by atoms with Crippen LogP contribution in [0, 0.1) is 5.92 Å². The number of rotatable bonds is 5. The van der Waals surface area contributed by atoms with Crippen molar-refractivity contribution in [3.8, 4) is 0 Å². The maximum absolute atomic E-state index is 4.54. The lowest BCUT2D eigenvalue weighted by molar-refractivity contribution is 0.0974. The number of anilines is 2. The van der Waals surface area contributed by atoms with E-state index in [4.69, 9.17) is 0 Å². The van der Waals surface area contributed by atoms with Crippen LogP contribution in [0.1, 0.15) is 26.2 Å². The molecule has 3 aliphatic rings. The van der Waals surface area contributed by atoms with Crippen LogP contribution >= 0.6 is 0 Å². The predicted octanol–water partition coefficient (Wildman–Crippen LogP) is 1.80. The Labute approximate surface area is 114 Å². The molecule has 0 saturated carbocycles. The normalized spacial score (nSPS) is 29.2. The van der Waals surface area contributed by atoms with Gasteiger partial charge in [0.25, 0.3) is 0 Å². The summed E-state index contributed by atoms with van der Waals surface area (Å²) in [6.45, 7) is 6.77. The van der Waals surface area contributed by atoms with Crippen LogP contribution in [0.5, 0.6) is 0 Å². The van der Waals surface area contributed by atoms with Crippen LogP contribution in [-0.2, 0) is 0 Å². The van der Waals surface area contributed by atoms with E-state index in [0.29, 0.717) is 6.04 Å². The average Bonchev–Trinajstić information content (AvgIpc) is 2.47. The minimum Gasteiger partial charge on any atom is -0.366 e. The number of fused-ring (bicyclic) bond motifs is 3. The van der Waals surface area contributed by atoms with Gasteiger partial charge in [0.05, 0.1) is 0 Å². The van der Waals surface area contributed by atoms with E-state index in [1.165, 1.54) is 25.9 Å². The van der Waals surface area contributed by atoms with E-state index >= 15 is 0 Å². The topological polar surface area (TPSA) is 53.1 Å². The number of nitrogens with one attached hydrogen (secondary N) is 2. The van der Waals surface area contributed by atoms with E-state index in [1.807, 2.05) is 12.3 Å². The number of piperidine rings is 3. The van der Waals surface area contributed by atoms with Gasteiger partial charge in [-0.2, -0.15) is 4.98 Å². The summed E-state index contributed by atoms with van der Waals surface area (Å²) in [6.07, 6.45) is 5.56. The van der Waals surface area contributed by atoms with Crippen molar-refractivity contribution in [3.63, 3.8) is 0 Å². The monoisotopic (exact) mass is 261 g/mol. The summed E-state index contributed by atoms with van der Waals surface area (Å²) in [5, 5.41) is 6.83. The molecule has 4 heterocycles. The van der Waals surface area contributed by atoms with Crippen molar-refractivity contribution in [1.29, 1.82) is 0 Å². The molecule has 0 aliphatic carbocycles. The second-order valence-corrected chi connectivity index (χ2v) is 5.58. The van der Waals surface area contributed by atoms with E-state index < -0.39 is 0 Å². The van der Waals surface area contributed by atoms with Crippen LogP contribution in [-0.4, -0.2) is 47.1 Å². The molecule has 104 valence electrons. The highest BCUT2D eigenvalue weighted by Crippen LogP contribution is 2.29. The molecule has 0 spiro atoms. The largest absolute Gasteiger partial charge is 0.366 e. The highest BCUT2D eigenvalue weighted by molar-refractivity contribution is 5.40. The second-order valence-electron chi connectivity index (χ2n) is 5.58. The maximum Gasteiger partial charge on any atom is 0.224 e. The third kappa shape index (κ3) is 2.97. The van der Waals surface area contributed by atoms with Gasteiger partial charge in [-0.1, -0.05) is 6.92 Å². The first-order valence-corrected chi connectivity index (χ1v) is 7.41. The van der Waals surface area contributed by atoms with Crippen molar-refractivity contribution in [3.05, 3.63) is 12.3 Å². The van der Waals surface area contributed by atoms with Crippen molar-refractivity contribution in [2.75, 3.05) is 36.8 Å². The predicted molar refractivity (Wildman–Crippen MR) is 77.4 cm³/mol. The van der Waals surface area contributed by atoms with Crippen LogP contribution in [0.25, 0.3) is 0 Å². The number of nitrogens with zero attached hydrogens (tertiary/aromatic N) is 3. The fourth-order valence-electron chi connectivity index (χ4n) is 3.08. The van der Waals surface area contributed by atoms with Gasteiger partial charge in [-0.05, 0) is 44.3 Å². The first-order chi connectivity index (χ1) is 9.35. The van der Waals surface area contributed by atoms with Crippen molar-refractivity contribution in [1.82, 2.24) is 14.9 Å². The molecule has 1 aromatic heterocycles. The first kappa shape index (κ1) is 12.7. The van der Waals surface area contributed by atoms with E-state index in [1.54, 1.807) is 0 Å². The van der Waals surface area contributed by atoms with Crippen molar-refractivity contribution in [2.45, 2.75) is 32.2 Å². The summed E-state index contributed by atoms with van der Waals surface area (Å²) in [4.78, 5) is 11.3. The van der Waals surface area contributed by atoms with Crippen molar-refractivity contribution in [2.24, 2.45) is 5.92 Å². The molecule has 3 saturated heterocycles. The summed E-state index contributed by atoms with van der Waals surface area (Å²) in [5.74, 6) is 2.49. The summed E-state index contributed by atoms with van der Waals surface area (Å²) in [6, 6.07) is 2.52. The Balaban J connectivity index is 1.63. The minimum atomic E-state index is 0.552. The Morgan fingerprint density at radius 3 is 2.89 bits per heavy atom. The summed E-state index contributed by atoms with van der Waals surface area (Å²) in [7, 11) is 0. The Morgan fingerprint density at radius 1 is 1.37 bits per heavy atom. The lowest BCUT2D eigenvalue weighted by atomic mass is 9.84. The Hall–Kier alpha value is -1.36. The van der Waals surface area contributed by atoms with Crippen LogP contribution in [0.15, 0.2) is 12.3 Å². The molecular formula is C14H23N5. The van der Waals surface area contributed by atoms with Gasteiger partial charge in [-0.25, -0.2) is 4.98 Å². The fraction of sp³-hybridized carbons (Fsp3) is 0.714. The van der Waals surface area contributed by atoms with Crippen LogP contribution in [0.2, 0.25) is 0 Å². The smallest absolute Gasteiger partial charge is 0.224 e. The van der Waals surface area contributed by atoms with Gasteiger partial charge in [0.15, 0.2) is 0 Å². The standard InChI is InChI=1S/C14H23N5/c1-2-6-15-14-16-7-3-13(18-14)17-12-10-19-8-4-11(12)5-9-19/h3,7,11-12H,2,4-6,8-10H2,1H3,(H2,15,16,17,18). The van der Waals surface area contributed by atoms with Crippen molar-refractivity contribution < 1.29 is 0 Å². The summed E-state index contributed by atoms with van der Waals surface area (Å²) < 4.78 is 0. The van der Waals surface area contributed by atoms with Crippen molar-refractivity contribution >= 4 is 11.8 Å². The zero-order valence-electron chi connectivity index (χ0n) is 11.6. The Morgan fingerprint density at radius 2 is 2.21 bits per heavy atom. The second kappa shape index (κ2) is 5.74. The summed E-state index contributed by atoms with van der Waals surface area (Å²) in [5.41, 5.74) is 0. The van der Waals surface area contributed by atoms with Crippen LogP contribution in [0.3, 0.4) is 0 Å². The zero-order chi connectivity index (χ0) is 13.1. The van der Waals surface area contributed by atoms with Crippen LogP contribution in [0.4, 0.5) is 11.8 Å². The number of aromatic nitrogens is 2. The van der Waals surface area contributed by atoms with E-state index in [9.17, 15) is 0 Å². The highest BCUT2D eigenvalue weighted by atomic mass is 15.2. The number of hydrogen-bond donors (Lipinski definition) is 2. The molecule has 3 fully saturated rings. The molecule has 1 unspecified atom stereocenters. The van der Waals surface area contributed by atoms with Gasteiger partial charge in [0, 0.05) is 25.3 Å². The molecule has 1 aromatic rings. The molecule has 0 radical (unpaired) electrons. The summed E-state index contributed by atoms with van der Waals surface area (Å²) >= 11 is 0. The van der Waals surface area contributed by atoms with Gasteiger partial charge in [0.2, 0.25) is 5.95 Å². The first-order valence-electron chi connectivity index (χ1n) is 7.41. The van der Waals surface area contributed by atoms with Gasteiger partial charge in [-0.3, -0.25) is 0 Å². The molecule has 5 nitrogen and oxygen atoms in total. The highest BCUT2D eigenvalue weighted by Gasteiger charge is 2.34. The fourth-order valence-corrected chi connectivity index (χ4v) is 3.08. The Kier molecular flexibility index (Phi) is 3.82. The van der Waals surface area contributed by atoms with Gasteiger partial charge >= 0.3 is 0 Å². The molecule has 2 N–H and O–H groups in total. The maximum atomic E-state index is 4.54. The lowest BCUT2D eigenvalue weighted by Gasteiger charge is -2.45. The molecule has 0 aromatic carbocycles. The molecule has 4 rings (SSSR count). The van der Waals surface area contributed by atoms with Gasteiger partial charge < -0.3 is 15.5 Å². The molecule has 19 heavy (non-hydrogen) atoms. The molecule has 1 atom stereocenters. The Bertz CT molecular complexity index is 414. The molecule has 2 bridgehead atoms. The van der Waals surface area contributed by atoms with Crippen LogP contribution < -0.4 is 10.6 Å². The number of hydrogen-bond acceptors (Lipinski definition) is 5. The quantitative estimate of drug-likeness (QED) is 0.846. The van der Waals surface area contributed by atoms with E-state index in [-0.39, 0.29) is 0 Å². The van der Waals surface area contributed by atoms with E-state index in [2.05, 4.69) is 32.4 Å². The zero-order valence-corrected chi connectivity index (χ0v) is 11.6. The van der Waals surface area contributed by atoms with Gasteiger partial charge in [0.1, 0.15) is 5.82 Å².